The topological polar surface area (TPSA) is 22.1 Å². The molecule has 4 heteroatoms. The van der Waals surface area contributed by atoms with E-state index in [1.54, 1.807) is 6.07 Å². The number of alkyl halides is 1. The first kappa shape index (κ1) is 12.8. The summed E-state index contributed by atoms with van der Waals surface area (Å²) in [5, 5.41) is 0. The molecule has 0 radical (unpaired) electrons. The standard InChI is InChI=1S/C14H13ClFNO/c1-10-5-6-14(13(8-15)17-10)18-9-11-3-2-4-12(16)7-11/h2-7H,8-9H2,1H3. The number of nitrogens with zero attached hydrogens (tertiary/aromatic N) is 1. The molecule has 0 N–H and O–H groups in total. The van der Waals surface area contributed by atoms with Gasteiger partial charge in [0.05, 0.1) is 11.6 Å². The number of hydrogen-bond acceptors (Lipinski definition) is 2. The Labute approximate surface area is 110 Å². The van der Waals surface area contributed by atoms with Gasteiger partial charge in [-0.1, -0.05) is 12.1 Å². The highest BCUT2D eigenvalue weighted by Gasteiger charge is 2.05. The number of ether oxygens (including phenoxy) is 1. The Hall–Kier alpha value is -1.61. The number of rotatable bonds is 4. The fourth-order valence-corrected chi connectivity index (χ4v) is 1.80. The number of aromatic nitrogens is 1. The van der Waals surface area contributed by atoms with Gasteiger partial charge in [-0.05, 0) is 36.8 Å². The van der Waals surface area contributed by atoms with E-state index in [9.17, 15) is 4.39 Å². The van der Waals surface area contributed by atoms with Crippen LogP contribution in [0, 0.1) is 12.7 Å². The minimum Gasteiger partial charge on any atom is -0.487 e. The van der Waals surface area contributed by atoms with E-state index in [2.05, 4.69) is 4.98 Å². The molecule has 0 spiro atoms. The molecule has 0 unspecified atom stereocenters. The molecule has 0 saturated carbocycles. The maximum absolute atomic E-state index is 13.0. The van der Waals surface area contributed by atoms with Gasteiger partial charge in [0.15, 0.2) is 0 Å². The van der Waals surface area contributed by atoms with E-state index in [0.29, 0.717) is 23.9 Å². The molecule has 0 aliphatic rings. The smallest absolute Gasteiger partial charge is 0.142 e. The summed E-state index contributed by atoms with van der Waals surface area (Å²) in [4.78, 5) is 4.29. The van der Waals surface area contributed by atoms with Gasteiger partial charge in [-0.15, -0.1) is 11.6 Å². The maximum Gasteiger partial charge on any atom is 0.142 e. The zero-order valence-corrected chi connectivity index (χ0v) is 10.7. The molecule has 0 atom stereocenters. The summed E-state index contributed by atoms with van der Waals surface area (Å²) in [6.07, 6.45) is 0. The van der Waals surface area contributed by atoms with Crippen LogP contribution < -0.4 is 4.74 Å². The summed E-state index contributed by atoms with van der Waals surface area (Å²) in [7, 11) is 0. The highest BCUT2D eigenvalue weighted by molar-refractivity contribution is 6.17. The molecule has 1 aromatic heterocycles. The number of aryl methyl sites for hydroxylation is 1. The van der Waals surface area contributed by atoms with Gasteiger partial charge in [0.25, 0.3) is 0 Å². The monoisotopic (exact) mass is 265 g/mol. The minimum atomic E-state index is -0.268. The van der Waals surface area contributed by atoms with Crippen molar-refractivity contribution in [2.45, 2.75) is 19.4 Å². The molecular weight excluding hydrogens is 253 g/mol. The average molecular weight is 266 g/mol. The summed E-state index contributed by atoms with van der Waals surface area (Å²) in [6.45, 7) is 2.19. The van der Waals surface area contributed by atoms with Crippen LogP contribution in [0.25, 0.3) is 0 Å². The SMILES string of the molecule is Cc1ccc(OCc2cccc(F)c2)c(CCl)n1. The Balaban J connectivity index is 2.10. The lowest BCUT2D eigenvalue weighted by Crippen LogP contribution is -2.00. The predicted molar refractivity (Wildman–Crippen MR) is 69.3 cm³/mol. The fourth-order valence-electron chi connectivity index (χ4n) is 1.61. The normalized spacial score (nSPS) is 10.4. The van der Waals surface area contributed by atoms with Crippen molar-refractivity contribution in [1.29, 1.82) is 0 Å². The number of benzene rings is 1. The first-order valence-corrected chi connectivity index (χ1v) is 6.12. The van der Waals surface area contributed by atoms with Gasteiger partial charge in [0.2, 0.25) is 0 Å². The van der Waals surface area contributed by atoms with Crippen LogP contribution >= 0.6 is 11.6 Å². The molecule has 2 nitrogen and oxygen atoms in total. The van der Waals surface area contributed by atoms with Crippen molar-refractivity contribution >= 4 is 11.6 Å². The zero-order chi connectivity index (χ0) is 13.0. The van der Waals surface area contributed by atoms with Crippen molar-refractivity contribution in [2.24, 2.45) is 0 Å². The second-order valence-corrected chi connectivity index (χ2v) is 4.22. The van der Waals surface area contributed by atoms with Crippen LogP contribution in [0.1, 0.15) is 17.0 Å². The third kappa shape index (κ3) is 3.20. The summed E-state index contributed by atoms with van der Waals surface area (Å²) >= 11 is 5.81. The predicted octanol–water partition coefficient (Wildman–Crippen LogP) is 3.85. The van der Waals surface area contributed by atoms with Crippen molar-refractivity contribution < 1.29 is 9.13 Å². The van der Waals surface area contributed by atoms with E-state index in [1.165, 1.54) is 12.1 Å². The molecule has 94 valence electrons. The molecule has 0 saturated heterocycles. The van der Waals surface area contributed by atoms with Crippen molar-refractivity contribution in [3.8, 4) is 5.75 Å². The highest BCUT2D eigenvalue weighted by Crippen LogP contribution is 2.20. The Bertz CT molecular complexity index is 545. The second kappa shape index (κ2) is 5.83. The molecule has 1 heterocycles. The van der Waals surface area contributed by atoms with E-state index in [1.807, 2.05) is 25.1 Å². The number of halogens is 2. The molecule has 2 rings (SSSR count). The quantitative estimate of drug-likeness (QED) is 0.784. The van der Waals surface area contributed by atoms with Crippen LogP contribution in [0.2, 0.25) is 0 Å². The molecule has 0 aliphatic carbocycles. The van der Waals surface area contributed by atoms with E-state index < -0.39 is 0 Å². The van der Waals surface area contributed by atoms with Crippen LogP contribution in [-0.4, -0.2) is 4.98 Å². The van der Waals surface area contributed by atoms with E-state index in [-0.39, 0.29) is 5.82 Å². The minimum absolute atomic E-state index is 0.268. The molecule has 18 heavy (non-hydrogen) atoms. The highest BCUT2D eigenvalue weighted by atomic mass is 35.5. The molecule has 0 aliphatic heterocycles. The van der Waals surface area contributed by atoms with Crippen LogP contribution in [-0.2, 0) is 12.5 Å². The van der Waals surface area contributed by atoms with Crippen LogP contribution in [0.5, 0.6) is 5.75 Å². The van der Waals surface area contributed by atoms with Crippen LogP contribution in [0.15, 0.2) is 36.4 Å². The molecule has 0 fully saturated rings. The molecule has 0 amide bonds. The van der Waals surface area contributed by atoms with Crippen molar-refractivity contribution in [3.05, 3.63) is 59.2 Å². The first-order valence-electron chi connectivity index (χ1n) is 5.59. The summed E-state index contributed by atoms with van der Waals surface area (Å²) in [5.74, 6) is 0.663. The summed E-state index contributed by atoms with van der Waals surface area (Å²) in [5.41, 5.74) is 2.37. The van der Waals surface area contributed by atoms with Crippen molar-refractivity contribution in [3.63, 3.8) is 0 Å². The van der Waals surface area contributed by atoms with Gasteiger partial charge in [-0.3, -0.25) is 4.98 Å². The Morgan fingerprint density at radius 3 is 2.83 bits per heavy atom. The summed E-state index contributed by atoms with van der Waals surface area (Å²) in [6, 6.07) is 10.0. The van der Waals surface area contributed by atoms with Gasteiger partial charge in [0, 0.05) is 5.69 Å². The first-order chi connectivity index (χ1) is 8.69. The van der Waals surface area contributed by atoms with Crippen LogP contribution in [0.4, 0.5) is 4.39 Å². The third-order valence-electron chi connectivity index (χ3n) is 2.48. The van der Waals surface area contributed by atoms with Crippen LogP contribution in [0.3, 0.4) is 0 Å². The van der Waals surface area contributed by atoms with Crippen molar-refractivity contribution in [2.75, 3.05) is 0 Å². The molecule has 2 aromatic rings. The number of pyridine rings is 1. The zero-order valence-electron chi connectivity index (χ0n) is 9.99. The van der Waals surface area contributed by atoms with Crippen molar-refractivity contribution in [1.82, 2.24) is 4.98 Å². The van der Waals surface area contributed by atoms with Gasteiger partial charge in [-0.2, -0.15) is 0 Å². The fraction of sp³-hybridized carbons (Fsp3) is 0.214. The van der Waals surface area contributed by atoms with Gasteiger partial charge in [-0.25, -0.2) is 4.39 Å². The summed E-state index contributed by atoms with van der Waals surface area (Å²) < 4.78 is 18.6. The largest absolute Gasteiger partial charge is 0.487 e. The lowest BCUT2D eigenvalue weighted by atomic mass is 10.2. The van der Waals surface area contributed by atoms with E-state index in [0.717, 1.165) is 11.3 Å². The Morgan fingerprint density at radius 2 is 2.11 bits per heavy atom. The third-order valence-corrected chi connectivity index (χ3v) is 2.73. The van der Waals surface area contributed by atoms with Gasteiger partial charge in [0.1, 0.15) is 18.2 Å². The lowest BCUT2D eigenvalue weighted by molar-refractivity contribution is 0.301. The lowest BCUT2D eigenvalue weighted by Gasteiger charge is -2.10. The van der Waals surface area contributed by atoms with Gasteiger partial charge >= 0.3 is 0 Å². The van der Waals surface area contributed by atoms with E-state index >= 15 is 0 Å². The Kier molecular flexibility index (Phi) is 4.15. The van der Waals surface area contributed by atoms with E-state index in [4.69, 9.17) is 16.3 Å². The maximum atomic E-state index is 13.0. The average Bonchev–Trinajstić information content (AvgIpc) is 2.37. The molecular formula is C14H13ClFNO. The second-order valence-electron chi connectivity index (χ2n) is 3.95. The number of hydrogen-bond donors (Lipinski definition) is 0. The van der Waals surface area contributed by atoms with Gasteiger partial charge < -0.3 is 4.74 Å². The Morgan fingerprint density at radius 1 is 1.28 bits per heavy atom. The molecule has 0 bridgehead atoms. The molecule has 1 aromatic carbocycles.